The first-order valence-electron chi connectivity index (χ1n) is 6.45. The summed E-state index contributed by atoms with van der Waals surface area (Å²) in [6.07, 6.45) is 9.60. The first kappa shape index (κ1) is 13.4. The van der Waals surface area contributed by atoms with Crippen LogP contribution in [0.3, 0.4) is 0 Å². The second kappa shape index (κ2) is 3.96. The van der Waals surface area contributed by atoms with E-state index in [1.807, 2.05) is 13.0 Å². The smallest absolute Gasteiger partial charge is 0.0800 e. The molecule has 3 atom stereocenters. The van der Waals surface area contributed by atoms with Gasteiger partial charge in [-0.05, 0) is 38.5 Å². The highest BCUT2D eigenvalue weighted by Crippen LogP contribution is 2.58. The molecule has 0 saturated heterocycles. The average Bonchev–Trinajstić information content (AvgIpc) is 2.23. The molecule has 0 aromatic rings. The summed E-state index contributed by atoms with van der Waals surface area (Å²) in [6, 6.07) is 0. The summed E-state index contributed by atoms with van der Waals surface area (Å²) in [5.41, 5.74) is 1.14. The summed E-state index contributed by atoms with van der Waals surface area (Å²) in [4.78, 5) is 0.506. The Bertz CT molecular complexity index is 378. The molecule has 17 heavy (non-hydrogen) atoms. The second-order valence-electron chi connectivity index (χ2n) is 6.47. The minimum atomic E-state index is -0.624. The third kappa shape index (κ3) is 1.94. The van der Waals surface area contributed by atoms with Gasteiger partial charge < -0.3 is 5.11 Å². The molecule has 0 aromatic heterocycles. The summed E-state index contributed by atoms with van der Waals surface area (Å²) in [5, 5.41) is 10.1. The third-order valence-electron chi connectivity index (χ3n) is 5.02. The number of halogens is 1. The maximum Gasteiger partial charge on any atom is 0.0800 e. The van der Waals surface area contributed by atoms with Gasteiger partial charge in [0, 0.05) is 10.2 Å². The van der Waals surface area contributed by atoms with Crippen molar-refractivity contribution in [3.05, 3.63) is 23.8 Å². The maximum atomic E-state index is 10.1. The van der Waals surface area contributed by atoms with E-state index in [1.165, 1.54) is 5.57 Å². The zero-order valence-corrected chi connectivity index (χ0v) is 12.8. The zero-order valence-electron chi connectivity index (χ0n) is 11.3. The average molecular weight is 299 g/mol. The molecule has 0 saturated carbocycles. The van der Waals surface area contributed by atoms with E-state index in [-0.39, 0.29) is 10.8 Å². The second-order valence-corrected chi connectivity index (χ2v) is 7.58. The molecule has 0 unspecified atom stereocenters. The van der Waals surface area contributed by atoms with E-state index in [0.717, 1.165) is 19.3 Å². The van der Waals surface area contributed by atoms with Gasteiger partial charge in [-0.3, -0.25) is 0 Å². The Morgan fingerprint density at radius 3 is 2.41 bits per heavy atom. The first-order valence-corrected chi connectivity index (χ1v) is 7.37. The number of alkyl halides is 1. The van der Waals surface area contributed by atoms with E-state index in [1.54, 1.807) is 0 Å². The molecule has 96 valence electrons. The van der Waals surface area contributed by atoms with E-state index >= 15 is 0 Å². The lowest BCUT2D eigenvalue weighted by Gasteiger charge is -2.54. The van der Waals surface area contributed by atoms with Crippen molar-refractivity contribution < 1.29 is 5.11 Å². The lowest BCUT2D eigenvalue weighted by molar-refractivity contribution is 0.0454. The third-order valence-corrected chi connectivity index (χ3v) is 6.54. The molecular formula is C15H23BrO. The quantitative estimate of drug-likeness (QED) is 0.524. The minimum Gasteiger partial charge on any atom is -0.386 e. The van der Waals surface area contributed by atoms with Crippen LogP contribution in [0.5, 0.6) is 0 Å². The van der Waals surface area contributed by atoms with Gasteiger partial charge in [-0.1, -0.05) is 53.6 Å². The van der Waals surface area contributed by atoms with Crippen molar-refractivity contribution in [2.75, 3.05) is 0 Å². The van der Waals surface area contributed by atoms with Crippen molar-refractivity contribution in [3.63, 3.8) is 0 Å². The molecule has 1 nitrogen and oxygen atoms in total. The maximum absolute atomic E-state index is 10.1. The Morgan fingerprint density at radius 1 is 1.24 bits per heavy atom. The topological polar surface area (TPSA) is 20.2 Å². The molecule has 2 aliphatic carbocycles. The van der Waals surface area contributed by atoms with Gasteiger partial charge in [0.1, 0.15) is 0 Å². The summed E-state index contributed by atoms with van der Waals surface area (Å²) in [7, 11) is 0. The van der Waals surface area contributed by atoms with Crippen LogP contribution in [0.25, 0.3) is 0 Å². The molecule has 0 aromatic carbocycles. The van der Waals surface area contributed by atoms with E-state index < -0.39 is 5.60 Å². The number of allylic oxidation sites excluding steroid dienone is 3. The van der Waals surface area contributed by atoms with Crippen molar-refractivity contribution >= 4 is 15.9 Å². The van der Waals surface area contributed by atoms with Gasteiger partial charge in [-0.25, -0.2) is 0 Å². The van der Waals surface area contributed by atoms with Crippen molar-refractivity contribution in [1.82, 2.24) is 0 Å². The van der Waals surface area contributed by atoms with Crippen LogP contribution in [0.4, 0.5) is 0 Å². The van der Waals surface area contributed by atoms with Crippen LogP contribution < -0.4 is 0 Å². The molecule has 0 fully saturated rings. The lowest BCUT2D eigenvalue weighted by atomic mass is 9.53. The van der Waals surface area contributed by atoms with E-state index in [0.29, 0.717) is 4.83 Å². The van der Waals surface area contributed by atoms with Gasteiger partial charge in [0.2, 0.25) is 0 Å². The fraction of sp³-hybridized carbons (Fsp3) is 0.733. The van der Waals surface area contributed by atoms with E-state index in [2.05, 4.69) is 48.9 Å². The van der Waals surface area contributed by atoms with Crippen LogP contribution in [0, 0.1) is 10.8 Å². The molecule has 0 aliphatic heterocycles. The number of rotatable bonds is 0. The Balaban J connectivity index is 2.48. The summed E-state index contributed by atoms with van der Waals surface area (Å²) in [6.45, 7) is 8.82. The van der Waals surface area contributed by atoms with Crippen molar-refractivity contribution in [3.8, 4) is 0 Å². The predicted octanol–water partition coefficient (Wildman–Crippen LogP) is 4.21. The number of aliphatic hydroxyl groups is 1. The fourth-order valence-electron chi connectivity index (χ4n) is 3.35. The van der Waals surface area contributed by atoms with Crippen LogP contribution in [-0.4, -0.2) is 15.5 Å². The summed E-state index contributed by atoms with van der Waals surface area (Å²) < 4.78 is 0. The van der Waals surface area contributed by atoms with Gasteiger partial charge in [0.05, 0.1) is 5.60 Å². The Kier molecular flexibility index (Phi) is 3.11. The van der Waals surface area contributed by atoms with E-state index in [4.69, 9.17) is 0 Å². The molecule has 2 heteroatoms. The molecule has 2 rings (SSSR count). The Morgan fingerprint density at radius 2 is 1.88 bits per heavy atom. The molecule has 2 aliphatic rings. The molecule has 0 radical (unpaired) electrons. The SMILES string of the molecule is CC1=CC[C@@H](Br)C(C)(C)[C@@]12C=C[C@@](C)(O)CC2. The van der Waals surface area contributed by atoms with Gasteiger partial charge in [-0.2, -0.15) is 0 Å². The fourth-order valence-corrected chi connectivity index (χ4v) is 3.94. The van der Waals surface area contributed by atoms with Crippen LogP contribution in [-0.2, 0) is 0 Å². The highest BCUT2D eigenvalue weighted by molar-refractivity contribution is 9.09. The zero-order chi connectivity index (χ0) is 12.9. The Labute approximate surface area is 113 Å². The van der Waals surface area contributed by atoms with Crippen molar-refractivity contribution in [2.24, 2.45) is 10.8 Å². The van der Waals surface area contributed by atoms with Crippen LogP contribution in [0.15, 0.2) is 23.8 Å². The monoisotopic (exact) mass is 298 g/mol. The van der Waals surface area contributed by atoms with Gasteiger partial charge in [-0.15, -0.1) is 0 Å². The van der Waals surface area contributed by atoms with E-state index in [9.17, 15) is 5.11 Å². The first-order chi connectivity index (χ1) is 7.71. The van der Waals surface area contributed by atoms with Gasteiger partial charge in [0.25, 0.3) is 0 Å². The minimum absolute atomic E-state index is 0.113. The standard InChI is InChI=1S/C15H23BrO/c1-11-5-6-12(16)13(2,3)15(11)9-7-14(4,17)8-10-15/h5,7,9,12,17H,6,8,10H2,1-4H3/t12-,14-,15-/m1/s1. The lowest BCUT2D eigenvalue weighted by Crippen LogP contribution is -2.48. The summed E-state index contributed by atoms with van der Waals surface area (Å²) in [5.74, 6) is 0. The molecule has 0 amide bonds. The molecule has 1 spiro atoms. The highest BCUT2D eigenvalue weighted by Gasteiger charge is 2.51. The van der Waals surface area contributed by atoms with Crippen LogP contribution in [0.2, 0.25) is 0 Å². The predicted molar refractivity (Wildman–Crippen MR) is 76.3 cm³/mol. The number of hydrogen-bond donors (Lipinski definition) is 1. The summed E-state index contributed by atoms with van der Waals surface area (Å²) >= 11 is 3.84. The van der Waals surface area contributed by atoms with Crippen LogP contribution >= 0.6 is 15.9 Å². The molecule has 0 heterocycles. The molecule has 1 N–H and O–H groups in total. The number of hydrogen-bond acceptors (Lipinski definition) is 1. The van der Waals surface area contributed by atoms with Crippen molar-refractivity contribution in [2.45, 2.75) is 57.4 Å². The normalized spacial score (nSPS) is 44.8. The Hall–Kier alpha value is -0.0800. The highest BCUT2D eigenvalue weighted by atomic mass is 79.9. The molecular weight excluding hydrogens is 276 g/mol. The molecule has 0 bridgehead atoms. The largest absolute Gasteiger partial charge is 0.386 e. The van der Waals surface area contributed by atoms with Crippen molar-refractivity contribution in [1.29, 1.82) is 0 Å². The van der Waals surface area contributed by atoms with Gasteiger partial charge in [0.15, 0.2) is 0 Å². The van der Waals surface area contributed by atoms with Gasteiger partial charge >= 0.3 is 0 Å². The van der Waals surface area contributed by atoms with Crippen LogP contribution in [0.1, 0.15) is 47.0 Å².